The molecule has 0 spiro atoms. The molecule has 0 bridgehead atoms. The maximum absolute atomic E-state index is 13.1. The van der Waals surface area contributed by atoms with Crippen molar-refractivity contribution < 1.29 is 18.8 Å². The Morgan fingerprint density at radius 3 is 2.67 bits per heavy atom. The lowest BCUT2D eigenvalue weighted by Crippen LogP contribution is -2.13. The monoisotopic (exact) mass is 290 g/mol. The van der Waals surface area contributed by atoms with Crippen molar-refractivity contribution in [2.45, 2.75) is 0 Å². The number of carbonyl (C=O) groups excluding carboxylic acids is 1. The summed E-state index contributed by atoms with van der Waals surface area (Å²) in [4.78, 5) is 22.2. The van der Waals surface area contributed by atoms with Gasteiger partial charge in [-0.15, -0.1) is 0 Å². The molecule has 0 aliphatic heterocycles. The van der Waals surface area contributed by atoms with Gasteiger partial charge in [0.05, 0.1) is 17.7 Å². The number of ether oxygens (including phenoxy) is 1. The molecule has 1 N–H and O–H groups in total. The molecular formula is C14H11FN2O4. The van der Waals surface area contributed by atoms with Crippen LogP contribution in [0.2, 0.25) is 0 Å². The van der Waals surface area contributed by atoms with Crippen LogP contribution in [0.15, 0.2) is 42.5 Å². The molecule has 0 aliphatic rings. The van der Waals surface area contributed by atoms with Gasteiger partial charge in [-0.1, -0.05) is 6.07 Å². The number of benzene rings is 2. The van der Waals surface area contributed by atoms with Gasteiger partial charge < -0.3 is 10.1 Å². The van der Waals surface area contributed by atoms with Gasteiger partial charge in [-0.2, -0.15) is 0 Å². The van der Waals surface area contributed by atoms with E-state index in [1.54, 1.807) is 0 Å². The Bertz CT molecular complexity index is 703. The first-order chi connectivity index (χ1) is 10.0. The summed E-state index contributed by atoms with van der Waals surface area (Å²) in [5, 5.41) is 13.2. The number of hydrogen-bond donors (Lipinski definition) is 1. The number of anilines is 1. The highest BCUT2D eigenvalue weighted by atomic mass is 19.1. The van der Waals surface area contributed by atoms with Crippen molar-refractivity contribution in [2.24, 2.45) is 0 Å². The molecule has 0 saturated carbocycles. The Labute approximate surface area is 119 Å². The molecule has 6 nitrogen and oxygen atoms in total. The van der Waals surface area contributed by atoms with Gasteiger partial charge in [0.25, 0.3) is 11.6 Å². The predicted molar refractivity (Wildman–Crippen MR) is 74.0 cm³/mol. The number of methoxy groups -OCH3 is 1. The molecule has 0 aromatic heterocycles. The molecule has 0 saturated heterocycles. The Balaban J connectivity index is 2.31. The second kappa shape index (κ2) is 6.00. The second-order valence-corrected chi connectivity index (χ2v) is 4.11. The van der Waals surface area contributed by atoms with Gasteiger partial charge in [-0.3, -0.25) is 14.9 Å². The molecule has 0 heterocycles. The molecule has 2 aromatic carbocycles. The summed E-state index contributed by atoms with van der Waals surface area (Å²) >= 11 is 0. The number of nitrogens with zero attached hydrogens (tertiary/aromatic N) is 1. The quantitative estimate of drug-likeness (QED) is 0.693. The number of nitro groups is 1. The number of halogens is 1. The van der Waals surface area contributed by atoms with Crippen molar-refractivity contribution in [2.75, 3.05) is 12.4 Å². The highest BCUT2D eigenvalue weighted by Gasteiger charge is 2.14. The van der Waals surface area contributed by atoms with E-state index in [1.807, 2.05) is 0 Å². The van der Waals surface area contributed by atoms with Crippen LogP contribution in [0.25, 0.3) is 0 Å². The van der Waals surface area contributed by atoms with Crippen LogP contribution >= 0.6 is 0 Å². The van der Waals surface area contributed by atoms with Crippen LogP contribution in [0.3, 0.4) is 0 Å². The van der Waals surface area contributed by atoms with Crippen molar-refractivity contribution in [3.05, 3.63) is 64.0 Å². The molecule has 108 valence electrons. The summed E-state index contributed by atoms with van der Waals surface area (Å²) in [5.41, 5.74) is 0.0508. The Hall–Kier alpha value is -2.96. The number of non-ortho nitro benzene ring substituents is 1. The summed E-state index contributed by atoms with van der Waals surface area (Å²) < 4.78 is 18.1. The molecule has 2 aromatic rings. The third-order valence-corrected chi connectivity index (χ3v) is 2.73. The van der Waals surface area contributed by atoms with Crippen LogP contribution in [-0.2, 0) is 0 Å². The zero-order valence-electron chi connectivity index (χ0n) is 11.0. The number of rotatable bonds is 4. The minimum absolute atomic E-state index is 0.101. The smallest absolute Gasteiger partial charge is 0.271 e. The molecule has 7 heteroatoms. The van der Waals surface area contributed by atoms with Gasteiger partial charge in [0.2, 0.25) is 0 Å². The normalized spacial score (nSPS) is 10.0. The minimum Gasteiger partial charge on any atom is -0.495 e. The Morgan fingerprint density at radius 1 is 1.29 bits per heavy atom. The van der Waals surface area contributed by atoms with E-state index in [4.69, 9.17) is 4.74 Å². The molecule has 0 aliphatic carbocycles. The van der Waals surface area contributed by atoms with Gasteiger partial charge in [0.1, 0.15) is 11.6 Å². The third-order valence-electron chi connectivity index (χ3n) is 2.73. The zero-order valence-corrected chi connectivity index (χ0v) is 11.0. The maximum Gasteiger partial charge on any atom is 0.271 e. The fourth-order valence-corrected chi connectivity index (χ4v) is 1.73. The van der Waals surface area contributed by atoms with Gasteiger partial charge >= 0.3 is 0 Å². The molecule has 0 radical (unpaired) electrons. The summed E-state index contributed by atoms with van der Waals surface area (Å²) in [6.07, 6.45) is 0. The number of nitrogens with one attached hydrogen (secondary N) is 1. The van der Waals surface area contributed by atoms with E-state index in [0.717, 1.165) is 6.07 Å². The number of nitro benzene ring substituents is 1. The summed E-state index contributed by atoms with van der Waals surface area (Å²) in [6, 6.07) is 8.92. The Kier molecular flexibility index (Phi) is 4.13. The zero-order chi connectivity index (χ0) is 15.4. The first-order valence-electron chi connectivity index (χ1n) is 5.90. The maximum atomic E-state index is 13.1. The van der Waals surface area contributed by atoms with E-state index in [1.165, 1.54) is 43.5 Å². The second-order valence-electron chi connectivity index (χ2n) is 4.11. The average Bonchev–Trinajstić information content (AvgIpc) is 2.47. The molecule has 21 heavy (non-hydrogen) atoms. The number of amides is 1. The molecule has 0 atom stereocenters. The van der Waals surface area contributed by atoms with Gasteiger partial charge in [0.15, 0.2) is 0 Å². The van der Waals surface area contributed by atoms with Crippen LogP contribution in [0.1, 0.15) is 10.4 Å². The number of carbonyl (C=O) groups is 1. The van der Waals surface area contributed by atoms with Gasteiger partial charge in [0, 0.05) is 17.7 Å². The van der Waals surface area contributed by atoms with E-state index in [9.17, 15) is 19.3 Å². The molecule has 0 unspecified atom stereocenters. The lowest BCUT2D eigenvalue weighted by atomic mass is 10.2. The first-order valence-corrected chi connectivity index (χ1v) is 5.90. The summed E-state index contributed by atoms with van der Waals surface area (Å²) in [5.74, 6) is -0.868. The van der Waals surface area contributed by atoms with Gasteiger partial charge in [-0.05, 0) is 24.3 Å². The van der Waals surface area contributed by atoms with Gasteiger partial charge in [-0.25, -0.2) is 4.39 Å². The lowest BCUT2D eigenvalue weighted by molar-refractivity contribution is -0.384. The predicted octanol–water partition coefficient (Wildman–Crippen LogP) is 2.99. The summed E-state index contributed by atoms with van der Waals surface area (Å²) in [6.45, 7) is 0. The SMILES string of the molecule is COc1ccc([N+](=O)[O-])cc1NC(=O)c1cccc(F)c1. The minimum atomic E-state index is -0.590. The molecule has 0 fully saturated rings. The van der Waals surface area contributed by atoms with Crippen LogP contribution in [0, 0.1) is 15.9 Å². The average molecular weight is 290 g/mol. The van der Waals surface area contributed by atoms with Crippen molar-refractivity contribution in [3.8, 4) is 5.75 Å². The van der Waals surface area contributed by atoms with E-state index in [0.29, 0.717) is 0 Å². The highest BCUT2D eigenvalue weighted by Crippen LogP contribution is 2.29. The fourth-order valence-electron chi connectivity index (χ4n) is 1.73. The topological polar surface area (TPSA) is 81.5 Å². The first kappa shape index (κ1) is 14.4. The van der Waals surface area contributed by atoms with E-state index >= 15 is 0 Å². The third kappa shape index (κ3) is 3.33. The van der Waals surface area contributed by atoms with E-state index in [2.05, 4.69) is 5.32 Å². The standard InChI is InChI=1S/C14H11FN2O4/c1-21-13-6-5-11(17(19)20)8-12(13)16-14(18)9-3-2-4-10(15)7-9/h2-8H,1H3,(H,16,18). The molecule has 2 rings (SSSR count). The van der Waals surface area contributed by atoms with Crippen LogP contribution in [0.5, 0.6) is 5.75 Å². The summed E-state index contributed by atoms with van der Waals surface area (Å²) in [7, 11) is 1.37. The Morgan fingerprint density at radius 2 is 2.05 bits per heavy atom. The highest BCUT2D eigenvalue weighted by molar-refractivity contribution is 6.05. The van der Waals surface area contributed by atoms with Crippen LogP contribution < -0.4 is 10.1 Å². The lowest BCUT2D eigenvalue weighted by Gasteiger charge is -2.10. The number of hydrogen-bond acceptors (Lipinski definition) is 4. The van der Waals surface area contributed by atoms with E-state index in [-0.39, 0.29) is 22.7 Å². The fraction of sp³-hybridized carbons (Fsp3) is 0.0714. The van der Waals surface area contributed by atoms with Crippen LogP contribution in [-0.4, -0.2) is 17.9 Å². The molecule has 1 amide bonds. The van der Waals surface area contributed by atoms with Crippen molar-refractivity contribution in [1.29, 1.82) is 0 Å². The molecular weight excluding hydrogens is 279 g/mol. The van der Waals surface area contributed by atoms with E-state index < -0.39 is 16.6 Å². The van der Waals surface area contributed by atoms with Crippen LogP contribution in [0.4, 0.5) is 15.8 Å². The van der Waals surface area contributed by atoms with Crippen molar-refractivity contribution in [3.63, 3.8) is 0 Å². The largest absolute Gasteiger partial charge is 0.495 e. The van der Waals surface area contributed by atoms with Crippen molar-refractivity contribution >= 4 is 17.3 Å². The van der Waals surface area contributed by atoms with Crippen molar-refractivity contribution in [1.82, 2.24) is 0 Å².